The maximum atomic E-state index is 13.3. The molecule has 3 rings (SSSR count). The van der Waals surface area contributed by atoms with Crippen LogP contribution >= 0.6 is 0 Å². The highest BCUT2D eigenvalue weighted by Crippen LogP contribution is 2.38. The number of aromatic nitrogens is 2. The summed E-state index contributed by atoms with van der Waals surface area (Å²) in [4.78, 5) is 10.7. The van der Waals surface area contributed by atoms with Crippen molar-refractivity contribution in [2.75, 3.05) is 25.5 Å². The minimum absolute atomic E-state index is 0.126. The van der Waals surface area contributed by atoms with Crippen LogP contribution in [0.25, 0.3) is 11.1 Å². The van der Waals surface area contributed by atoms with Crippen LogP contribution in [0.4, 0.5) is 23.5 Å². The van der Waals surface area contributed by atoms with E-state index in [9.17, 15) is 17.6 Å². The summed E-state index contributed by atoms with van der Waals surface area (Å²) in [5.74, 6) is -0.555. The molecule has 2 heterocycles. The number of halogens is 4. The van der Waals surface area contributed by atoms with E-state index in [4.69, 9.17) is 0 Å². The first-order valence-corrected chi connectivity index (χ1v) is 8.40. The molecular formula is C18H20F4N4. The molecule has 8 heteroatoms. The van der Waals surface area contributed by atoms with Gasteiger partial charge in [-0.3, -0.25) is 0 Å². The van der Waals surface area contributed by atoms with Crippen molar-refractivity contribution in [2.24, 2.45) is 0 Å². The number of hydrogen-bond acceptors (Lipinski definition) is 4. The highest BCUT2D eigenvalue weighted by Gasteiger charge is 2.34. The molecular weight excluding hydrogens is 348 g/mol. The van der Waals surface area contributed by atoms with Crippen molar-refractivity contribution in [3.8, 4) is 11.1 Å². The highest BCUT2D eigenvalue weighted by molar-refractivity contribution is 5.69. The van der Waals surface area contributed by atoms with Crippen LogP contribution in [-0.4, -0.2) is 41.0 Å². The van der Waals surface area contributed by atoms with Crippen molar-refractivity contribution >= 4 is 5.95 Å². The van der Waals surface area contributed by atoms with Gasteiger partial charge in [0.05, 0.1) is 11.3 Å². The molecule has 1 unspecified atom stereocenters. The summed E-state index contributed by atoms with van der Waals surface area (Å²) in [6.45, 7) is 3.35. The van der Waals surface area contributed by atoms with Gasteiger partial charge < -0.3 is 10.2 Å². The maximum Gasteiger partial charge on any atom is 0.417 e. The van der Waals surface area contributed by atoms with Gasteiger partial charge in [-0.25, -0.2) is 14.4 Å². The van der Waals surface area contributed by atoms with Crippen LogP contribution in [0.2, 0.25) is 0 Å². The maximum absolute atomic E-state index is 13.3. The zero-order chi connectivity index (χ0) is 18.9. The standard InChI is InChI=1S/C18H20F4N4/c1-11-15(14-6-5-12(19)8-16(14)18(20,21)22)10-24-17(25-11)23-9-13-4-3-7-26(13)2/h5-6,8,10,13H,3-4,7,9H2,1-2H3,(H,23,24,25). The second-order valence-corrected chi connectivity index (χ2v) is 6.54. The van der Waals surface area contributed by atoms with Crippen LogP contribution in [-0.2, 0) is 6.18 Å². The molecule has 1 saturated heterocycles. The molecule has 26 heavy (non-hydrogen) atoms. The lowest BCUT2D eigenvalue weighted by Gasteiger charge is -2.20. The van der Waals surface area contributed by atoms with Gasteiger partial charge in [0.1, 0.15) is 5.82 Å². The number of benzene rings is 1. The molecule has 140 valence electrons. The molecule has 1 aliphatic rings. The number of alkyl halides is 3. The average molecular weight is 368 g/mol. The molecule has 1 aromatic carbocycles. The number of likely N-dealkylation sites (tertiary alicyclic amines) is 1. The Kier molecular flexibility index (Phi) is 5.13. The molecule has 1 N–H and O–H groups in total. The number of rotatable bonds is 4. The van der Waals surface area contributed by atoms with E-state index in [2.05, 4.69) is 27.2 Å². The Morgan fingerprint density at radius 2 is 2.04 bits per heavy atom. The van der Waals surface area contributed by atoms with Crippen LogP contribution < -0.4 is 5.32 Å². The molecule has 0 amide bonds. The van der Waals surface area contributed by atoms with Gasteiger partial charge in [0.15, 0.2) is 0 Å². The fraction of sp³-hybridized carbons (Fsp3) is 0.444. The summed E-state index contributed by atoms with van der Waals surface area (Å²) in [5.41, 5.74) is -0.517. The smallest absolute Gasteiger partial charge is 0.353 e. The van der Waals surface area contributed by atoms with Crippen LogP contribution in [0.15, 0.2) is 24.4 Å². The van der Waals surface area contributed by atoms with Crippen molar-refractivity contribution in [1.29, 1.82) is 0 Å². The van der Waals surface area contributed by atoms with Crippen LogP contribution in [0.1, 0.15) is 24.1 Å². The van der Waals surface area contributed by atoms with E-state index in [-0.39, 0.29) is 11.1 Å². The quantitative estimate of drug-likeness (QED) is 0.825. The van der Waals surface area contributed by atoms with Gasteiger partial charge in [0, 0.05) is 24.3 Å². The summed E-state index contributed by atoms with van der Waals surface area (Å²) >= 11 is 0. The van der Waals surface area contributed by atoms with E-state index in [1.54, 1.807) is 6.92 Å². The van der Waals surface area contributed by atoms with Gasteiger partial charge in [-0.1, -0.05) is 6.07 Å². The van der Waals surface area contributed by atoms with E-state index in [0.29, 0.717) is 30.3 Å². The molecule has 4 nitrogen and oxygen atoms in total. The molecule has 0 radical (unpaired) electrons. The average Bonchev–Trinajstić information content (AvgIpc) is 2.98. The number of nitrogens with one attached hydrogen (secondary N) is 1. The molecule has 0 saturated carbocycles. The summed E-state index contributed by atoms with van der Waals surface area (Å²) in [6.07, 6.45) is -1.07. The van der Waals surface area contributed by atoms with Gasteiger partial charge in [0.25, 0.3) is 0 Å². The first-order valence-electron chi connectivity index (χ1n) is 8.40. The van der Waals surface area contributed by atoms with Crippen LogP contribution in [0.3, 0.4) is 0 Å². The van der Waals surface area contributed by atoms with Crippen LogP contribution in [0, 0.1) is 12.7 Å². The predicted octanol–water partition coefficient (Wildman–Crippen LogP) is 4.12. The fourth-order valence-electron chi connectivity index (χ4n) is 3.25. The number of likely N-dealkylation sites (N-methyl/N-ethyl adjacent to an activating group) is 1. The monoisotopic (exact) mass is 368 g/mol. The van der Waals surface area contributed by atoms with Crippen molar-refractivity contribution < 1.29 is 17.6 Å². The van der Waals surface area contributed by atoms with E-state index in [0.717, 1.165) is 31.5 Å². The summed E-state index contributed by atoms with van der Waals surface area (Å²) in [6, 6.07) is 3.01. The van der Waals surface area contributed by atoms with Crippen molar-refractivity contribution in [3.05, 3.63) is 41.5 Å². The highest BCUT2D eigenvalue weighted by atomic mass is 19.4. The Labute approximate surface area is 149 Å². The van der Waals surface area contributed by atoms with E-state index < -0.39 is 17.6 Å². The minimum atomic E-state index is -4.66. The minimum Gasteiger partial charge on any atom is -0.353 e. The Balaban J connectivity index is 1.84. The second kappa shape index (κ2) is 7.19. The van der Waals surface area contributed by atoms with Crippen LogP contribution in [0.5, 0.6) is 0 Å². The molecule has 1 aliphatic heterocycles. The molecule has 1 atom stereocenters. The largest absolute Gasteiger partial charge is 0.417 e. The zero-order valence-corrected chi connectivity index (χ0v) is 14.6. The third-order valence-corrected chi connectivity index (χ3v) is 4.72. The molecule has 0 spiro atoms. The Morgan fingerprint density at radius 3 is 2.65 bits per heavy atom. The Bertz CT molecular complexity index is 791. The van der Waals surface area contributed by atoms with Gasteiger partial charge in [-0.15, -0.1) is 0 Å². The number of hydrogen-bond donors (Lipinski definition) is 1. The van der Waals surface area contributed by atoms with Gasteiger partial charge >= 0.3 is 6.18 Å². The molecule has 0 bridgehead atoms. The molecule has 0 aliphatic carbocycles. The van der Waals surface area contributed by atoms with Gasteiger partial charge in [-0.2, -0.15) is 13.2 Å². The van der Waals surface area contributed by atoms with Crippen molar-refractivity contribution in [2.45, 2.75) is 32.0 Å². The second-order valence-electron chi connectivity index (χ2n) is 6.54. The topological polar surface area (TPSA) is 41.1 Å². The van der Waals surface area contributed by atoms with Gasteiger partial charge in [-0.05, 0) is 51.1 Å². The third kappa shape index (κ3) is 3.95. The number of aryl methyl sites for hydroxylation is 1. The normalized spacial score (nSPS) is 18.3. The lowest BCUT2D eigenvalue weighted by atomic mass is 9.99. The number of nitrogens with zero attached hydrogens (tertiary/aromatic N) is 3. The van der Waals surface area contributed by atoms with E-state index >= 15 is 0 Å². The fourth-order valence-corrected chi connectivity index (χ4v) is 3.25. The first kappa shape index (κ1) is 18.6. The molecule has 1 fully saturated rings. The van der Waals surface area contributed by atoms with Crippen molar-refractivity contribution in [1.82, 2.24) is 14.9 Å². The van der Waals surface area contributed by atoms with E-state index in [1.807, 2.05) is 0 Å². The lowest BCUT2D eigenvalue weighted by Crippen LogP contribution is -2.32. The van der Waals surface area contributed by atoms with Crippen molar-refractivity contribution in [3.63, 3.8) is 0 Å². The predicted molar refractivity (Wildman–Crippen MR) is 91.3 cm³/mol. The van der Waals surface area contributed by atoms with Gasteiger partial charge in [0.2, 0.25) is 5.95 Å². The summed E-state index contributed by atoms with van der Waals surface area (Å²) < 4.78 is 53.0. The third-order valence-electron chi connectivity index (χ3n) is 4.72. The lowest BCUT2D eigenvalue weighted by molar-refractivity contribution is -0.137. The summed E-state index contributed by atoms with van der Waals surface area (Å²) in [5, 5.41) is 3.14. The zero-order valence-electron chi connectivity index (χ0n) is 14.6. The Hall–Kier alpha value is -2.22. The first-order chi connectivity index (χ1) is 12.3. The van der Waals surface area contributed by atoms with E-state index in [1.165, 1.54) is 6.20 Å². The Morgan fingerprint density at radius 1 is 1.27 bits per heavy atom. The SMILES string of the molecule is Cc1nc(NCC2CCCN2C)ncc1-c1ccc(F)cc1C(F)(F)F. The summed E-state index contributed by atoms with van der Waals surface area (Å²) in [7, 11) is 2.06. The molecule has 1 aromatic heterocycles. The number of anilines is 1. The molecule has 2 aromatic rings.